The first-order valence-electron chi connectivity index (χ1n) is 5.37. The lowest BCUT2D eigenvalue weighted by atomic mass is 10.0. The van der Waals surface area contributed by atoms with Crippen LogP contribution in [0.1, 0.15) is 12.0 Å². The second-order valence-corrected chi connectivity index (χ2v) is 3.82. The topological polar surface area (TPSA) is 62.7 Å². The molecule has 2 rings (SSSR count). The summed E-state index contributed by atoms with van der Waals surface area (Å²) in [6, 6.07) is 1.91. The zero-order valence-electron chi connectivity index (χ0n) is 9.59. The van der Waals surface area contributed by atoms with Gasteiger partial charge in [-0.05, 0) is 23.6 Å². The smallest absolute Gasteiger partial charge is 0.407 e. The molecule has 0 saturated heterocycles. The molecule has 2 heterocycles. The SMILES string of the molecule is COc1cncc(C2=CCN(C(=O)O)CC2)c1. The van der Waals surface area contributed by atoms with E-state index in [1.807, 2.05) is 12.1 Å². The van der Waals surface area contributed by atoms with Crippen LogP contribution in [-0.2, 0) is 0 Å². The van der Waals surface area contributed by atoms with Crippen LogP contribution >= 0.6 is 0 Å². The van der Waals surface area contributed by atoms with Crippen molar-refractivity contribution in [2.75, 3.05) is 20.2 Å². The average Bonchev–Trinajstić information content (AvgIpc) is 2.39. The molecule has 0 atom stereocenters. The summed E-state index contributed by atoms with van der Waals surface area (Å²) in [5, 5.41) is 8.84. The fraction of sp³-hybridized carbons (Fsp3) is 0.333. The van der Waals surface area contributed by atoms with Crippen LogP contribution in [0.4, 0.5) is 4.79 Å². The van der Waals surface area contributed by atoms with Gasteiger partial charge in [0.05, 0.1) is 13.3 Å². The van der Waals surface area contributed by atoms with Gasteiger partial charge in [0.25, 0.3) is 0 Å². The summed E-state index contributed by atoms with van der Waals surface area (Å²) in [7, 11) is 1.60. The molecule has 17 heavy (non-hydrogen) atoms. The highest BCUT2D eigenvalue weighted by molar-refractivity contribution is 5.71. The summed E-state index contributed by atoms with van der Waals surface area (Å²) in [5.41, 5.74) is 2.11. The number of aromatic nitrogens is 1. The molecule has 0 aromatic carbocycles. The third-order valence-corrected chi connectivity index (χ3v) is 2.80. The molecule has 0 spiro atoms. The third kappa shape index (κ3) is 2.55. The van der Waals surface area contributed by atoms with Gasteiger partial charge in [-0.3, -0.25) is 4.98 Å². The van der Waals surface area contributed by atoms with E-state index in [9.17, 15) is 4.79 Å². The van der Waals surface area contributed by atoms with Gasteiger partial charge in [-0.1, -0.05) is 6.08 Å². The van der Waals surface area contributed by atoms with Crippen LogP contribution in [0.5, 0.6) is 5.75 Å². The summed E-state index contributed by atoms with van der Waals surface area (Å²) in [6.45, 7) is 0.959. The highest BCUT2D eigenvalue weighted by Gasteiger charge is 2.16. The van der Waals surface area contributed by atoms with Crippen molar-refractivity contribution in [3.8, 4) is 5.75 Å². The minimum atomic E-state index is -0.871. The summed E-state index contributed by atoms with van der Waals surface area (Å²) in [6.07, 6.45) is 5.18. The molecule has 0 fully saturated rings. The fourth-order valence-electron chi connectivity index (χ4n) is 1.81. The largest absolute Gasteiger partial charge is 0.495 e. The van der Waals surface area contributed by atoms with Gasteiger partial charge in [0, 0.05) is 19.3 Å². The Labute approximate surface area is 99.3 Å². The van der Waals surface area contributed by atoms with Crippen LogP contribution in [0.3, 0.4) is 0 Å². The molecule has 0 unspecified atom stereocenters. The number of pyridine rings is 1. The monoisotopic (exact) mass is 234 g/mol. The standard InChI is InChI=1S/C12H14N2O3/c1-17-11-6-10(7-13-8-11)9-2-4-14(5-3-9)12(15)16/h2,6-8H,3-5H2,1H3,(H,15,16). The molecule has 1 aliphatic heterocycles. The van der Waals surface area contributed by atoms with Gasteiger partial charge >= 0.3 is 6.09 Å². The minimum absolute atomic E-state index is 0.432. The third-order valence-electron chi connectivity index (χ3n) is 2.80. The average molecular weight is 234 g/mol. The van der Waals surface area contributed by atoms with Crippen molar-refractivity contribution in [3.63, 3.8) is 0 Å². The van der Waals surface area contributed by atoms with Crippen molar-refractivity contribution in [1.29, 1.82) is 0 Å². The fourth-order valence-corrected chi connectivity index (χ4v) is 1.81. The first kappa shape index (κ1) is 11.4. The van der Waals surface area contributed by atoms with Gasteiger partial charge in [-0.15, -0.1) is 0 Å². The van der Waals surface area contributed by atoms with Crippen molar-refractivity contribution < 1.29 is 14.6 Å². The maximum absolute atomic E-state index is 10.8. The van der Waals surface area contributed by atoms with E-state index in [4.69, 9.17) is 9.84 Å². The van der Waals surface area contributed by atoms with Crippen molar-refractivity contribution in [1.82, 2.24) is 9.88 Å². The van der Waals surface area contributed by atoms with Crippen LogP contribution in [0.25, 0.3) is 5.57 Å². The summed E-state index contributed by atoms with van der Waals surface area (Å²) >= 11 is 0. The number of nitrogens with zero attached hydrogens (tertiary/aromatic N) is 2. The predicted molar refractivity (Wildman–Crippen MR) is 63.0 cm³/mol. The molecule has 0 saturated carbocycles. The molecular weight excluding hydrogens is 220 g/mol. The minimum Gasteiger partial charge on any atom is -0.495 e. The molecule has 0 radical (unpaired) electrons. The number of hydrogen-bond donors (Lipinski definition) is 1. The lowest BCUT2D eigenvalue weighted by molar-refractivity contribution is 0.150. The highest BCUT2D eigenvalue weighted by Crippen LogP contribution is 2.24. The maximum atomic E-state index is 10.8. The van der Waals surface area contributed by atoms with Crippen LogP contribution in [0.15, 0.2) is 24.5 Å². The molecular formula is C12H14N2O3. The van der Waals surface area contributed by atoms with E-state index < -0.39 is 6.09 Å². The first-order valence-corrected chi connectivity index (χ1v) is 5.37. The molecule has 5 heteroatoms. The molecule has 1 aliphatic rings. The Bertz CT molecular complexity index is 457. The zero-order valence-corrected chi connectivity index (χ0v) is 9.59. The van der Waals surface area contributed by atoms with E-state index in [1.54, 1.807) is 19.5 Å². The summed E-state index contributed by atoms with van der Waals surface area (Å²) in [4.78, 5) is 16.2. The predicted octanol–water partition coefficient (Wildman–Crippen LogP) is 1.86. The van der Waals surface area contributed by atoms with Gasteiger partial charge in [-0.25, -0.2) is 4.79 Å². The number of rotatable bonds is 2. The molecule has 1 aromatic heterocycles. The Hall–Kier alpha value is -2.04. The molecule has 1 aromatic rings. The Balaban J connectivity index is 2.16. The van der Waals surface area contributed by atoms with Gasteiger partial charge in [0.2, 0.25) is 0 Å². The number of carbonyl (C=O) groups is 1. The normalized spacial score (nSPS) is 15.4. The number of amides is 1. The van der Waals surface area contributed by atoms with Gasteiger partial charge in [0.1, 0.15) is 5.75 Å². The molecule has 1 N–H and O–H groups in total. The van der Waals surface area contributed by atoms with E-state index >= 15 is 0 Å². The van der Waals surface area contributed by atoms with E-state index in [0.29, 0.717) is 25.3 Å². The van der Waals surface area contributed by atoms with Crippen molar-refractivity contribution in [3.05, 3.63) is 30.1 Å². The maximum Gasteiger partial charge on any atom is 0.407 e. The van der Waals surface area contributed by atoms with Crippen LogP contribution in [0.2, 0.25) is 0 Å². The Kier molecular flexibility index (Phi) is 3.27. The molecule has 0 bridgehead atoms. The van der Waals surface area contributed by atoms with Gasteiger partial charge in [-0.2, -0.15) is 0 Å². The second-order valence-electron chi connectivity index (χ2n) is 3.82. The Morgan fingerprint density at radius 2 is 2.35 bits per heavy atom. The number of carboxylic acid groups (broad SMARTS) is 1. The lowest BCUT2D eigenvalue weighted by Gasteiger charge is -2.23. The lowest BCUT2D eigenvalue weighted by Crippen LogP contribution is -2.33. The molecule has 90 valence electrons. The second kappa shape index (κ2) is 4.86. The summed E-state index contributed by atoms with van der Waals surface area (Å²) < 4.78 is 5.11. The zero-order chi connectivity index (χ0) is 12.3. The van der Waals surface area contributed by atoms with Gasteiger partial charge in [0.15, 0.2) is 0 Å². The Morgan fingerprint density at radius 3 is 2.94 bits per heavy atom. The van der Waals surface area contributed by atoms with Crippen LogP contribution in [-0.4, -0.2) is 41.3 Å². The van der Waals surface area contributed by atoms with Crippen LogP contribution < -0.4 is 4.74 Å². The van der Waals surface area contributed by atoms with E-state index in [0.717, 1.165) is 11.1 Å². The molecule has 1 amide bonds. The first-order chi connectivity index (χ1) is 8.20. The van der Waals surface area contributed by atoms with Crippen LogP contribution in [0, 0.1) is 0 Å². The quantitative estimate of drug-likeness (QED) is 0.848. The number of hydrogen-bond acceptors (Lipinski definition) is 3. The molecule has 5 nitrogen and oxygen atoms in total. The van der Waals surface area contributed by atoms with E-state index in [2.05, 4.69) is 4.98 Å². The summed E-state index contributed by atoms with van der Waals surface area (Å²) in [5.74, 6) is 0.712. The number of methoxy groups -OCH3 is 1. The number of ether oxygens (including phenoxy) is 1. The van der Waals surface area contributed by atoms with Crippen molar-refractivity contribution in [2.24, 2.45) is 0 Å². The highest BCUT2D eigenvalue weighted by atomic mass is 16.5. The Morgan fingerprint density at radius 1 is 1.53 bits per heavy atom. The van der Waals surface area contributed by atoms with Crippen molar-refractivity contribution >= 4 is 11.7 Å². The van der Waals surface area contributed by atoms with Crippen molar-refractivity contribution in [2.45, 2.75) is 6.42 Å². The molecule has 0 aliphatic carbocycles. The van der Waals surface area contributed by atoms with E-state index in [-0.39, 0.29) is 0 Å². The van der Waals surface area contributed by atoms with E-state index in [1.165, 1.54) is 4.90 Å². The van der Waals surface area contributed by atoms with Gasteiger partial charge < -0.3 is 14.7 Å².